The molecule has 0 aliphatic rings. The highest BCUT2D eigenvalue weighted by Crippen LogP contribution is 2.15. The fourth-order valence-electron chi connectivity index (χ4n) is 2.56. The van der Waals surface area contributed by atoms with Crippen LogP contribution in [0.2, 0.25) is 0 Å². The topological polar surface area (TPSA) is 113 Å². The van der Waals surface area contributed by atoms with E-state index in [9.17, 15) is 18.0 Å². The standard InChI is InChI=1S/C12H25NO4S2.C12H25NOS/c1-9(2)5-7-13-12(14)11(19(15,16)17)6-8-18-10(3)4;1-10(2)7-8-13-12(14)6-5-9-15-11(3)4/h9-11H,5-8H2,1-4H3,(H,13,14)(H,15,16,17);10-11H,5-9H2,1-4H3,(H,13,14). The predicted molar refractivity (Wildman–Crippen MR) is 149 cm³/mol. The van der Waals surface area contributed by atoms with Crippen LogP contribution in [0.5, 0.6) is 0 Å². The van der Waals surface area contributed by atoms with Crippen LogP contribution in [0.25, 0.3) is 0 Å². The SMILES string of the molecule is CC(C)CCNC(=O)C(CCSC(C)C)S(=O)(=O)O.CC(C)CCNC(=O)CCCSC(C)C. The molecule has 0 fully saturated rings. The van der Waals surface area contributed by atoms with Crippen LogP contribution < -0.4 is 10.6 Å². The first-order valence-electron chi connectivity index (χ1n) is 12.4. The van der Waals surface area contributed by atoms with Crippen LogP contribution in [-0.2, 0) is 19.7 Å². The molecule has 1 unspecified atom stereocenters. The van der Waals surface area contributed by atoms with Crippen LogP contribution in [0, 0.1) is 11.8 Å². The van der Waals surface area contributed by atoms with E-state index in [4.69, 9.17) is 4.55 Å². The Kier molecular flexibility index (Phi) is 21.8. The van der Waals surface area contributed by atoms with E-state index in [1.165, 1.54) is 0 Å². The Morgan fingerprint density at radius 1 is 0.765 bits per heavy atom. The molecule has 0 aromatic carbocycles. The zero-order valence-electron chi connectivity index (χ0n) is 22.6. The molecule has 2 amide bonds. The van der Waals surface area contributed by atoms with Gasteiger partial charge in [-0.2, -0.15) is 31.9 Å². The number of thioether (sulfide) groups is 2. The predicted octanol–water partition coefficient (Wildman–Crippen LogP) is 5.01. The minimum atomic E-state index is -4.34. The maximum atomic E-state index is 11.8. The first-order valence-corrected chi connectivity index (χ1v) is 16.0. The van der Waals surface area contributed by atoms with Crippen molar-refractivity contribution < 1.29 is 22.6 Å². The Hall–Kier alpha value is -0.450. The van der Waals surface area contributed by atoms with E-state index in [0.29, 0.717) is 41.1 Å². The van der Waals surface area contributed by atoms with Gasteiger partial charge in [0.25, 0.3) is 10.1 Å². The lowest BCUT2D eigenvalue weighted by Gasteiger charge is -2.15. The average molecular weight is 543 g/mol. The van der Waals surface area contributed by atoms with Crippen molar-refractivity contribution in [2.24, 2.45) is 11.8 Å². The van der Waals surface area contributed by atoms with E-state index in [-0.39, 0.29) is 12.3 Å². The second kappa shape index (κ2) is 20.7. The number of hydrogen-bond acceptors (Lipinski definition) is 6. The molecule has 34 heavy (non-hydrogen) atoms. The van der Waals surface area contributed by atoms with Crippen molar-refractivity contribution in [2.45, 2.75) is 103 Å². The lowest BCUT2D eigenvalue weighted by atomic mass is 10.1. The van der Waals surface area contributed by atoms with Crippen molar-refractivity contribution in [1.29, 1.82) is 0 Å². The summed E-state index contributed by atoms with van der Waals surface area (Å²) in [6.45, 7) is 18.0. The first-order chi connectivity index (χ1) is 15.7. The van der Waals surface area contributed by atoms with E-state index < -0.39 is 21.3 Å². The summed E-state index contributed by atoms with van der Waals surface area (Å²) in [7, 11) is -4.34. The zero-order chi connectivity index (χ0) is 26.7. The van der Waals surface area contributed by atoms with Gasteiger partial charge in [0.2, 0.25) is 11.8 Å². The highest BCUT2D eigenvalue weighted by molar-refractivity contribution is 8.00. The number of rotatable bonds is 17. The van der Waals surface area contributed by atoms with Gasteiger partial charge >= 0.3 is 0 Å². The van der Waals surface area contributed by atoms with E-state index in [1.54, 1.807) is 11.8 Å². The number of amides is 2. The van der Waals surface area contributed by atoms with Crippen molar-refractivity contribution in [3.63, 3.8) is 0 Å². The summed E-state index contributed by atoms with van der Waals surface area (Å²) < 4.78 is 31.6. The molecule has 0 rings (SSSR count). The number of carbonyl (C=O) groups excluding carboxylic acids is 2. The minimum absolute atomic E-state index is 0.134. The van der Waals surface area contributed by atoms with Crippen molar-refractivity contribution in [2.75, 3.05) is 24.6 Å². The number of hydrogen-bond donors (Lipinski definition) is 3. The van der Waals surface area contributed by atoms with Crippen LogP contribution >= 0.6 is 23.5 Å². The molecular formula is C24H50N2O5S3. The third-order valence-corrected chi connectivity index (χ3v) is 8.05. The summed E-state index contributed by atoms with van der Waals surface area (Å²) in [6, 6.07) is 0. The van der Waals surface area contributed by atoms with Gasteiger partial charge in [-0.3, -0.25) is 14.1 Å². The summed E-state index contributed by atoms with van der Waals surface area (Å²) in [5.41, 5.74) is 0. The van der Waals surface area contributed by atoms with Gasteiger partial charge in [0.15, 0.2) is 5.25 Å². The Morgan fingerprint density at radius 3 is 1.68 bits per heavy atom. The second-order valence-electron chi connectivity index (χ2n) is 9.74. The molecule has 1 atom stereocenters. The van der Waals surface area contributed by atoms with Gasteiger partial charge in [0, 0.05) is 19.5 Å². The average Bonchev–Trinajstić information content (AvgIpc) is 2.67. The molecule has 0 radical (unpaired) electrons. The molecule has 0 heterocycles. The zero-order valence-corrected chi connectivity index (χ0v) is 25.0. The molecule has 0 aromatic rings. The van der Waals surface area contributed by atoms with E-state index in [2.05, 4.69) is 38.3 Å². The van der Waals surface area contributed by atoms with Gasteiger partial charge in [0.1, 0.15) is 0 Å². The van der Waals surface area contributed by atoms with E-state index in [1.807, 2.05) is 39.5 Å². The van der Waals surface area contributed by atoms with Gasteiger partial charge in [-0.25, -0.2) is 0 Å². The second-order valence-corrected chi connectivity index (χ2v) is 14.7. The molecule has 0 aromatic heterocycles. The van der Waals surface area contributed by atoms with Crippen LogP contribution in [0.4, 0.5) is 0 Å². The fraction of sp³-hybridized carbons (Fsp3) is 0.917. The molecule has 0 aliphatic heterocycles. The lowest BCUT2D eigenvalue weighted by Crippen LogP contribution is -2.40. The molecule has 0 spiro atoms. The molecule has 204 valence electrons. The van der Waals surface area contributed by atoms with Gasteiger partial charge in [-0.1, -0.05) is 55.4 Å². The number of nitrogens with one attached hydrogen (secondary N) is 2. The summed E-state index contributed by atoms with van der Waals surface area (Å²) in [5, 5.41) is 5.21. The Bertz CT molecular complexity index is 639. The van der Waals surface area contributed by atoms with Crippen LogP contribution in [0.3, 0.4) is 0 Å². The quantitative estimate of drug-likeness (QED) is 0.175. The van der Waals surface area contributed by atoms with Crippen LogP contribution in [0.1, 0.15) is 87.5 Å². The summed E-state index contributed by atoms with van der Waals surface area (Å²) in [4.78, 5) is 23.1. The van der Waals surface area contributed by atoms with Gasteiger partial charge in [0.05, 0.1) is 0 Å². The van der Waals surface area contributed by atoms with Crippen LogP contribution in [-0.4, -0.2) is 65.1 Å². The molecule has 10 heteroatoms. The van der Waals surface area contributed by atoms with Gasteiger partial charge in [-0.15, -0.1) is 0 Å². The van der Waals surface area contributed by atoms with Crippen molar-refractivity contribution in [1.82, 2.24) is 10.6 Å². The highest BCUT2D eigenvalue weighted by Gasteiger charge is 2.30. The van der Waals surface area contributed by atoms with Crippen molar-refractivity contribution in [3.8, 4) is 0 Å². The van der Waals surface area contributed by atoms with Crippen LogP contribution in [0.15, 0.2) is 0 Å². The van der Waals surface area contributed by atoms with Crippen molar-refractivity contribution in [3.05, 3.63) is 0 Å². The third-order valence-electron chi connectivity index (χ3n) is 4.55. The largest absolute Gasteiger partial charge is 0.356 e. The molecule has 0 saturated carbocycles. The Labute approximate surface area is 217 Å². The maximum Gasteiger partial charge on any atom is 0.276 e. The smallest absolute Gasteiger partial charge is 0.276 e. The molecule has 0 saturated heterocycles. The lowest BCUT2D eigenvalue weighted by molar-refractivity contribution is -0.121. The molecule has 0 aliphatic carbocycles. The van der Waals surface area contributed by atoms with Gasteiger partial charge < -0.3 is 10.6 Å². The normalized spacial score (nSPS) is 12.6. The maximum absolute atomic E-state index is 11.8. The molecule has 3 N–H and O–H groups in total. The van der Waals surface area contributed by atoms with E-state index >= 15 is 0 Å². The molecule has 7 nitrogen and oxygen atoms in total. The highest BCUT2D eigenvalue weighted by atomic mass is 32.2. The monoisotopic (exact) mass is 542 g/mol. The summed E-state index contributed by atoms with van der Waals surface area (Å²) in [5.74, 6) is 2.32. The third kappa shape index (κ3) is 24.7. The summed E-state index contributed by atoms with van der Waals surface area (Å²) in [6.07, 6.45) is 3.67. The molecular weight excluding hydrogens is 492 g/mol. The van der Waals surface area contributed by atoms with E-state index in [0.717, 1.165) is 31.6 Å². The van der Waals surface area contributed by atoms with Crippen molar-refractivity contribution >= 4 is 45.5 Å². The van der Waals surface area contributed by atoms with Gasteiger partial charge in [-0.05, 0) is 59.5 Å². The fourth-order valence-corrected chi connectivity index (χ4v) is 5.11. The Balaban J connectivity index is 0. The first kappa shape index (κ1) is 35.7. The molecule has 0 bridgehead atoms. The minimum Gasteiger partial charge on any atom is -0.356 e. The number of carbonyl (C=O) groups is 2. The Morgan fingerprint density at radius 2 is 1.24 bits per heavy atom. The summed E-state index contributed by atoms with van der Waals surface area (Å²) >= 11 is 3.49.